The van der Waals surface area contributed by atoms with E-state index < -0.39 is 21.7 Å². The first kappa shape index (κ1) is 23.5. The van der Waals surface area contributed by atoms with E-state index in [0.29, 0.717) is 25.2 Å². The van der Waals surface area contributed by atoms with Crippen LogP contribution in [-0.2, 0) is 14.8 Å². The molecule has 1 heterocycles. The molecule has 8 nitrogen and oxygen atoms in total. The zero-order valence-electron chi connectivity index (χ0n) is 18.7. The van der Waals surface area contributed by atoms with Crippen LogP contribution in [0.25, 0.3) is 0 Å². The normalized spacial score (nSPS) is 18.0. The van der Waals surface area contributed by atoms with Crippen molar-refractivity contribution in [2.24, 2.45) is 5.92 Å². The van der Waals surface area contributed by atoms with Gasteiger partial charge in [-0.3, -0.25) is 4.79 Å². The molecule has 2 fully saturated rings. The standard InChI is InChI=1S/C22H33N3O5S/c1-15-5-8-18(31(28,29)24-17-6-7-17)13-19(15)20(26)25-11-9-16(10-12-25)14-23-21(27)30-22(2,3)4/h5,8,13,16-17,24H,6-7,9-12,14H2,1-4H3,(H,23,27). The maximum atomic E-state index is 13.1. The van der Waals surface area contributed by atoms with E-state index in [9.17, 15) is 18.0 Å². The molecule has 0 atom stereocenters. The Hall–Kier alpha value is -2.13. The molecule has 3 rings (SSSR count). The van der Waals surface area contributed by atoms with Crippen LogP contribution < -0.4 is 10.0 Å². The zero-order chi connectivity index (χ0) is 22.8. The third kappa shape index (κ3) is 6.67. The van der Waals surface area contributed by atoms with Crippen molar-refractivity contribution in [2.75, 3.05) is 19.6 Å². The van der Waals surface area contributed by atoms with E-state index >= 15 is 0 Å². The molecular weight excluding hydrogens is 418 g/mol. The number of nitrogens with zero attached hydrogens (tertiary/aromatic N) is 1. The maximum absolute atomic E-state index is 13.1. The lowest BCUT2D eigenvalue weighted by Gasteiger charge is -2.32. The Morgan fingerprint density at radius 2 is 1.77 bits per heavy atom. The molecular formula is C22H33N3O5S. The minimum Gasteiger partial charge on any atom is -0.444 e. The summed E-state index contributed by atoms with van der Waals surface area (Å²) >= 11 is 0. The highest BCUT2D eigenvalue weighted by molar-refractivity contribution is 7.89. The Balaban J connectivity index is 1.57. The smallest absolute Gasteiger partial charge is 0.407 e. The third-order valence-electron chi connectivity index (χ3n) is 5.48. The number of carbonyl (C=O) groups excluding carboxylic acids is 2. The molecule has 1 saturated heterocycles. The first-order valence-corrected chi connectivity index (χ1v) is 12.3. The first-order valence-electron chi connectivity index (χ1n) is 10.8. The van der Waals surface area contributed by atoms with Crippen molar-refractivity contribution >= 4 is 22.0 Å². The van der Waals surface area contributed by atoms with Gasteiger partial charge in [0.1, 0.15) is 5.60 Å². The van der Waals surface area contributed by atoms with Crippen molar-refractivity contribution in [3.8, 4) is 0 Å². The lowest BCUT2D eigenvalue weighted by Crippen LogP contribution is -2.42. The molecule has 0 aromatic heterocycles. The van der Waals surface area contributed by atoms with Crippen molar-refractivity contribution in [3.63, 3.8) is 0 Å². The van der Waals surface area contributed by atoms with Gasteiger partial charge in [-0.05, 0) is 77.0 Å². The van der Waals surface area contributed by atoms with Crippen LogP contribution in [0.5, 0.6) is 0 Å². The molecule has 9 heteroatoms. The Bertz CT molecular complexity index is 927. The molecule has 0 unspecified atom stereocenters. The molecule has 172 valence electrons. The van der Waals surface area contributed by atoms with Crippen molar-refractivity contribution in [1.29, 1.82) is 0 Å². The van der Waals surface area contributed by atoms with Crippen LogP contribution in [0.4, 0.5) is 4.79 Å². The van der Waals surface area contributed by atoms with Gasteiger partial charge in [-0.15, -0.1) is 0 Å². The monoisotopic (exact) mass is 451 g/mol. The van der Waals surface area contributed by atoms with Gasteiger partial charge in [-0.25, -0.2) is 17.9 Å². The molecule has 1 aromatic carbocycles. The highest BCUT2D eigenvalue weighted by Gasteiger charge is 2.30. The summed E-state index contributed by atoms with van der Waals surface area (Å²) < 4.78 is 33.0. The third-order valence-corrected chi connectivity index (χ3v) is 7.00. The summed E-state index contributed by atoms with van der Waals surface area (Å²) in [5, 5.41) is 2.80. The minimum absolute atomic E-state index is 0.0128. The molecule has 0 bridgehead atoms. The maximum Gasteiger partial charge on any atom is 0.407 e. The number of hydrogen-bond acceptors (Lipinski definition) is 5. The Labute approximate surface area is 184 Å². The number of hydrogen-bond donors (Lipinski definition) is 2. The summed E-state index contributed by atoms with van der Waals surface area (Å²) in [6.45, 7) is 8.92. The second-order valence-corrected chi connectivity index (χ2v) is 11.2. The van der Waals surface area contributed by atoms with Gasteiger partial charge in [-0.2, -0.15) is 0 Å². The number of ether oxygens (including phenoxy) is 1. The summed E-state index contributed by atoms with van der Waals surface area (Å²) in [5.41, 5.74) is 0.640. The molecule has 1 aliphatic carbocycles. The van der Waals surface area contributed by atoms with Crippen molar-refractivity contribution < 1.29 is 22.7 Å². The number of sulfonamides is 1. The summed E-state index contributed by atoms with van der Waals surface area (Å²) in [7, 11) is -3.61. The van der Waals surface area contributed by atoms with Crippen LogP contribution in [0.1, 0.15) is 62.4 Å². The summed E-state index contributed by atoms with van der Waals surface area (Å²) in [6.07, 6.45) is 2.81. The van der Waals surface area contributed by atoms with E-state index in [1.165, 1.54) is 6.07 Å². The number of nitrogens with one attached hydrogen (secondary N) is 2. The number of piperidine rings is 1. The van der Waals surface area contributed by atoms with Crippen molar-refractivity contribution in [3.05, 3.63) is 29.3 Å². The average Bonchev–Trinajstić information content (AvgIpc) is 3.48. The SMILES string of the molecule is Cc1ccc(S(=O)(=O)NC2CC2)cc1C(=O)N1CCC(CNC(=O)OC(C)(C)C)CC1. The highest BCUT2D eigenvalue weighted by atomic mass is 32.2. The average molecular weight is 452 g/mol. The number of benzene rings is 1. The van der Waals surface area contributed by atoms with Gasteiger partial charge in [0.05, 0.1) is 4.90 Å². The number of likely N-dealkylation sites (tertiary alicyclic amines) is 1. The molecule has 2 aliphatic rings. The van der Waals surface area contributed by atoms with Gasteiger partial charge in [0, 0.05) is 31.2 Å². The Kier molecular flexibility index (Phi) is 6.95. The topological polar surface area (TPSA) is 105 Å². The first-order chi connectivity index (χ1) is 14.4. The molecule has 1 saturated carbocycles. The highest BCUT2D eigenvalue weighted by Crippen LogP contribution is 2.25. The number of carbonyl (C=O) groups is 2. The van der Waals surface area contributed by atoms with Crippen molar-refractivity contribution in [2.45, 2.75) is 69.9 Å². The molecule has 1 aromatic rings. The van der Waals surface area contributed by atoms with Crippen LogP contribution >= 0.6 is 0 Å². The van der Waals surface area contributed by atoms with Crippen LogP contribution in [0.3, 0.4) is 0 Å². The predicted molar refractivity (Wildman–Crippen MR) is 117 cm³/mol. The molecule has 31 heavy (non-hydrogen) atoms. The van der Waals surface area contributed by atoms with E-state index in [4.69, 9.17) is 4.74 Å². The fourth-order valence-corrected chi connectivity index (χ4v) is 4.87. The summed E-state index contributed by atoms with van der Waals surface area (Å²) in [5.74, 6) is 0.117. The number of amides is 2. The number of rotatable bonds is 6. The summed E-state index contributed by atoms with van der Waals surface area (Å²) in [4.78, 5) is 26.8. The van der Waals surface area contributed by atoms with Crippen molar-refractivity contribution in [1.82, 2.24) is 14.9 Å². The molecule has 2 amide bonds. The second-order valence-electron chi connectivity index (χ2n) is 9.49. The van der Waals surface area contributed by atoms with Crippen LogP contribution in [0.15, 0.2) is 23.1 Å². The largest absolute Gasteiger partial charge is 0.444 e. The Morgan fingerprint density at radius 1 is 1.13 bits per heavy atom. The van der Waals surface area contributed by atoms with Crippen LogP contribution in [0.2, 0.25) is 0 Å². The molecule has 2 N–H and O–H groups in total. The summed E-state index contributed by atoms with van der Waals surface area (Å²) in [6, 6.07) is 4.73. The van der Waals surface area contributed by atoms with Gasteiger partial charge in [0.15, 0.2) is 0 Å². The van der Waals surface area contributed by atoms with Crippen LogP contribution in [0, 0.1) is 12.8 Å². The number of aryl methyl sites for hydroxylation is 1. The quantitative estimate of drug-likeness (QED) is 0.692. The zero-order valence-corrected chi connectivity index (χ0v) is 19.5. The molecule has 0 radical (unpaired) electrons. The van der Waals surface area contributed by atoms with E-state index in [1.807, 2.05) is 27.7 Å². The predicted octanol–water partition coefficient (Wildman–Crippen LogP) is 2.81. The minimum atomic E-state index is -3.61. The van der Waals surface area contributed by atoms with Crippen LogP contribution in [-0.4, -0.2) is 56.6 Å². The van der Waals surface area contributed by atoms with E-state index in [2.05, 4.69) is 10.0 Å². The fraction of sp³-hybridized carbons (Fsp3) is 0.636. The molecule has 0 spiro atoms. The molecule has 1 aliphatic heterocycles. The van der Waals surface area contributed by atoms with E-state index in [0.717, 1.165) is 31.2 Å². The van der Waals surface area contributed by atoms with Gasteiger partial charge in [0.25, 0.3) is 5.91 Å². The fourth-order valence-electron chi connectivity index (χ4n) is 3.54. The second kappa shape index (κ2) is 9.16. The lowest BCUT2D eigenvalue weighted by atomic mass is 9.96. The van der Waals surface area contributed by atoms with Gasteiger partial charge >= 0.3 is 6.09 Å². The van der Waals surface area contributed by atoms with Gasteiger partial charge in [0.2, 0.25) is 10.0 Å². The van der Waals surface area contributed by atoms with Gasteiger partial charge in [-0.1, -0.05) is 6.07 Å². The van der Waals surface area contributed by atoms with Gasteiger partial charge < -0.3 is 15.0 Å². The number of alkyl carbamates (subject to hydrolysis) is 1. The van der Waals surface area contributed by atoms with E-state index in [-0.39, 0.29) is 22.8 Å². The Morgan fingerprint density at radius 3 is 2.35 bits per heavy atom. The lowest BCUT2D eigenvalue weighted by molar-refractivity contribution is 0.0500. The van der Waals surface area contributed by atoms with E-state index in [1.54, 1.807) is 17.0 Å².